The smallest absolute Gasteiger partial charge is 0.253 e. The fourth-order valence-corrected chi connectivity index (χ4v) is 2.51. The summed E-state index contributed by atoms with van der Waals surface area (Å²) in [6.07, 6.45) is 1.88. The Kier molecular flexibility index (Phi) is 6.29. The topological polar surface area (TPSA) is 49.3 Å². The van der Waals surface area contributed by atoms with Crippen molar-refractivity contribution in [2.45, 2.75) is 18.2 Å². The van der Waals surface area contributed by atoms with Crippen LogP contribution in [0.25, 0.3) is 0 Å². The largest absolute Gasteiger partial charge is 0.395 e. The Hall–Kier alpha value is -0.420. The maximum atomic E-state index is 12.0. The van der Waals surface area contributed by atoms with Crippen LogP contribution in [-0.2, 0) is 0 Å². The number of aliphatic hydroxyl groups excluding tert-OH is 1. The summed E-state index contributed by atoms with van der Waals surface area (Å²) in [5, 5.41) is 12.5. The molecule has 2 unspecified atom stereocenters. The second-order valence-corrected chi connectivity index (χ2v) is 5.68. The van der Waals surface area contributed by atoms with Crippen LogP contribution in [0.5, 0.6) is 0 Å². The van der Waals surface area contributed by atoms with Gasteiger partial charge in [-0.2, -0.15) is 11.8 Å². The van der Waals surface area contributed by atoms with E-state index in [0.717, 1.165) is 0 Å². The van der Waals surface area contributed by atoms with Crippen molar-refractivity contribution in [3.05, 3.63) is 33.8 Å². The summed E-state index contributed by atoms with van der Waals surface area (Å²) in [6, 6.07) is 4.75. The maximum Gasteiger partial charge on any atom is 0.253 e. The first kappa shape index (κ1) is 15.6. The molecule has 0 saturated carbocycles. The van der Waals surface area contributed by atoms with Crippen molar-refractivity contribution in [1.29, 1.82) is 0 Å². The second kappa shape index (κ2) is 7.24. The van der Waals surface area contributed by atoms with Crippen LogP contribution < -0.4 is 5.32 Å². The number of aliphatic hydroxyl groups is 1. The zero-order valence-corrected chi connectivity index (χ0v) is 12.4. The lowest BCUT2D eigenvalue weighted by atomic mass is 10.1. The molecule has 0 aromatic heterocycles. The predicted octanol–water partition coefficient (Wildman–Crippen LogP) is 2.84. The van der Waals surface area contributed by atoms with E-state index in [1.54, 1.807) is 18.2 Å². The Morgan fingerprint density at radius 1 is 1.50 bits per heavy atom. The molecule has 1 amide bonds. The highest BCUT2D eigenvalue weighted by molar-refractivity contribution is 7.99. The van der Waals surface area contributed by atoms with Crippen LogP contribution in [0.15, 0.2) is 18.2 Å². The number of rotatable bonds is 5. The highest BCUT2D eigenvalue weighted by atomic mass is 35.5. The molecule has 0 aliphatic heterocycles. The molecule has 0 aliphatic rings. The summed E-state index contributed by atoms with van der Waals surface area (Å²) < 4.78 is 0. The van der Waals surface area contributed by atoms with Gasteiger partial charge in [-0.05, 0) is 25.3 Å². The summed E-state index contributed by atoms with van der Waals surface area (Å²) in [4.78, 5) is 12.0. The summed E-state index contributed by atoms with van der Waals surface area (Å²) in [5.41, 5.74) is 0.341. The standard InChI is InChI=1S/C12H15Cl2NO2S/c1-7(10(6-16)18-2)15-12(17)8-4-3-5-9(13)11(8)14/h3-5,7,10,16H,6H2,1-2H3,(H,15,17). The van der Waals surface area contributed by atoms with E-state index in [4.69, 9.17) is 28.3 Å². The van der Waals surface area contributed by atoms with E-state index in [0.29, 0.717) is 10.6 Å². The lowest BCUT2D eigenvalue weighted by Crippen LogP contribution is -2.41. The third-order valence-electron chi connectivity index (χ3n) is 2.60. The SMILES string of the molecule is CSC(CO)C(C)NC(=O)c1cccc(Cl)c1Cl. The van der Waals surface area contributed by atoms with Gasteiger partial charge >= 0.3 is 0 Å². The van der Waals surface area contributed by atoms with Crippen molar-refractivity contribution in [3.63, 3.8) is 0 Å². The van der Waals surface area contributed by atoms with Crippen LogP contribution in [0.1, 0.15) is 17.3 Å². The Labute approximate surface area is 121 Å². The number of benzene rings is 1. The fraction of sp³-hybridized carbons (Fsp3) is 0.417. The van der Waals surface area contributed by atoms with Gasteiger partial charge in [0.1, 0.15) is 0 Å². The summed E-state index contributed by atoms with van der Waals surface area (Å²) >= 11 is 13.3. The number of amides is 1. The molecule has 0 aliphatic carbocycles. The lowest BCUT2D eigenvalue weighted by molar-refractivity contribution is 0.0936. The van der Waals surface area contributed by atoms with E-state index < -0.39 is 0 Å². The van der Waals surface area contributed by atoms with Gasteiger partial charge in [-0.25, -0.2) is 0 Å². The molecule has 0 fully saturated rings. The minimum Gasteiger partial charge on any atom is -0.395 e. The van der Waals surface area contributed by atoms with Crippen molar-refractivity contribution < 1.29 is 9.90 Å². The number of hydrogen-bond donors (Lipinski definition) is 2. The molecule has 0 spiro atoms. The van der Waals surface area contributed by atoms with E-state index in [2.05, 4.69) is 5.32 Å². The highest BCUT2D eigenvalue weighted by Crippen LogP contribution is 2.25. The normalized spacial score (nSPS) is 14.1. The van der Waals surface area contributed by atoms with Crippen LogP contribution in [0.2, 0.25) is 10.0 Å². The number of carbonyl (C=O) groups excluding carboxylic acids is 1. The molecule has 1 rings (SSSR count). The zero-order valence-electron chi connectivity index (χ0n) is 10.1. The van der Waals surface area contributed by atoms with Gasteiger partial charge in [-0.15, -0.1) is 0 Å². The maximum absolute atomic E-state index is 12.0. The number of halogens is 2. The third-order valence-corrected chi connectivity index (χ3v) is 4.58. The second-order valence-electron chi connectivity index (χ2n) is 3.82. The van der Waals surface area contributed by atoms with Gasteiger partial charge in [-0.3, -0.25) is 4.79 Å². The van der Waals surface area contributed by atoms with E-state index in [1.165, 1.54) is 11.8 Å². The number of thioether (sulfide) groups is 1. The quantitative estimate of drug-likeness (QED) is 0.879. The lowest BCUT2D eigenvalue weighted by Gasteiger charge is -2.21. The fourth-order valence-electron chi connectivity index (χ4n) is 1.49. The first-order valence-electron chi connectivity index (χ1n) is 5.39. The Morgan fingerprint density at radius 3 is 2.72 bits per heavy atom. The van der Waals surface area contributed by atoms with Crippen LogP contribution >= 0.6 is 35.0 Å². The van der Waals surface area contributed by atoms with E-state index in [-0.39, 0.29) is 28.8 Å². The van der Waals surface area contributed by atoms with Crippen molar-refractivity contribution >= 4 is 40.9 Å². The van der Waals surface area contributed by atoms with E-state index in [1.807, 2.05) is 13.2 Å². The zero-order chi connectivity index (χ0) is 13.7. The minimum atomic E-state index is -0.289. The van der Waals surface area contributed by atoms with Gasteiger partial charge in [0.05, 0.1) is 22.2 Å². The summed E-state index contributed by atoms with van der Waals surface area (Å²) in [7, 11) is 0. The molecule has 0 saturated heterocycles. The number of carbonyl (C=O) groups is 1. The molecule has 2 atom stereocenters. The molecule has 6 heteroatoms. The van der Waals surface area contributed by atoms with Gasteiger partial charge in [0.15, 0.2) is 0 Å². The summed E-state index contributed by atoms with van der Waals surface area (Å²) in [5.74, 6) is -0.289. The van der Waals surface area contributed by atoms with Crippen molar-refractivity contribution in [2.24, 2.45) is 0 Å². The monoisotopic (exact) mass is 307 g/mol. The molecule has 3 nitrogen and oxygen atoms in total. The first-order chi connectivity index (χ1) is 8.51. The number of nitrogens with one attached hydrogen (secondary N) is 1. The molecule has 1 aromatic rings. The average Bonchev–Trinajstić information content (AvgIpc) is 2.34. The van der Waals surface area contributed by atoms with Gasteiger partial charge in [-0.1, -0.05) is 29.3 Å². The van der Waals surface area contributed by atoms with Crippen molar-refractivity contribution in [1.82, 2.24) is 5.32 Å². The van der Waals surface area contributed by atoms with Crippen molar-refractivity contribution in [3.8, 4) is 0 Å². The van der Waals surface area contributed by atoms with E-state index in [9.17, 15) is 4.79 Å². The predicted molar refractivity (Wildman–Crippen MR) is 77.8 cm³/mol. The van der Waals surface area contributed by atoms with Gasteiger partial charge in [0, 0.05) is 11.3 Å². The molecule has 0 radical (unpaired) electrons. The van der Waals surface area contributed by atoms with Crippen LogP contribution in [0, 0.1) is 0 Å². The van der Waals surface area contributed by atoms with Crippen LogP contribution in [0.3, 0.4) is 0 Å². The first-order valence-corrected chi connectivity index (χ1v) is 7.44. The Balaban J connectivity index is 2.79. The van der Waals surface area contributed by atoms with E-state index >= 15 is 0 Å². The number of hydrogen-bond acceptors (Lipinski definition) is 3. The molecule has 18 heavy (non-hydrogen) atoms. The molecule has 1 aromatic carbocycles. The molecule has 2 N–H and O–H groups in total. The average molecular weight is 308 g/mol. The van der Waals surface area contributed by atoms with Crippen LogP contribution in [-0.4, -0.2) is 35.2 Å². The van der Waals surface area contributed by atoms with Gasteiger partial charge < -0.3 is 10.4 Å². The minimum absolute atomic E-state index is 0.00584. The molecular formula is C12H15Cl2NO2S. The van der Waals surface area contributed by atoms with Gasteiger partial charge in [0.2, 0.25) is 0 Å². The molecular weight excluding hydrogens is 293 g/mol. The van der Waals surface area contributed by atoms with Crippen LogP contribution in [0.4, 0.5) is 0 Å². The molecule has 0 bridgehead atoms. The van der Waals surface area contributed by atoms with Gasteiger partial charge in [0.25, 0.3) is 5.91 Å². The Morgan fingerprint density at radius 2 is 2.17 bits per heavy atom. The Bertz CT molecular complexity index is 425. The summed E-state index contributed by atoms with van der Waals surface area (Å²) in [6.45, 7) is 1.85. The highest BCUT2D eigenvalue weighted by Gasteiger charge is 2.20. The molecule has 100 valence electrons. The molecule has 0 heterocycles. The van der Waals surface area contributed by atoms with Crippen molar-refractivity contribution in [2.75, 3.05) is 12.9 Å². The third kappa shape index (κ3) is 3.79.